The molecule has 2 N–H and O–H groups in total. The van der Waals surface area contributed by atoms with E-state index in [0.717, 1.165) is 5.56 Å². The molecular weight excluding hydrogens is 266 g/mol. The molecule has 1 aromatic rings. The molecule has 19 heavy (non-hydrogen) atoms. The monoisotopic (exact) mass is 281 g/mol. The van der Waals surface area contributed by atoms with Crippen LogP contribution in [0.5, 0.6) is 0 Å². The van der Waals surface area contributed by atoms with E-state index in [0.29, 0.717) is 18.7 Å². The largest absolute Gasteiger partial charge is 0.355 e. The first-order valence-corrected chi connectivity index (χ1v) is 7.36. The number of carbonyl (C=O) groups is 1. The van der Waals surface area contributed by atoms with E-state index >= 15 is 0 Å². The van der Waals surface area contributed by atoms with Gasteiger partial charge >= 0.3 is 0 Å². The molecule has 0 saturated carbocycles. The summed E-state index contributed by atoms with van der Waals surface area (Å²) >= 11 is 0. The lowest BCUT2D eigenvalue weighted by atomic mass is 10.1. The van der Waals surface area contributed by atoms with Gasteiger partial charge in [0.1, 0.15) is 0 Å². The van der Waals surface area contributed by atoms with Gasteiger partial charge in [0.25, 0.3) is 10.0 Å². The molecule has 0 atom stereocenters. The third-order valence-electron chi connectivity index (χ3n) is 2.76. The van der Waals surface area contributed by atoms with E-state index in [2.05, 4.69) is 15.2 Å². The summed E-state index contributed by atoms with van der Waals surface area (Å²) in [6.07, 6.45) is 0.693. The van der Waals surface area contributed by atoms with Gasteiger partial charge < -0.3 is 5.32 Å². The molecule has 1 fully saturated rings. The normalized spacial score (nSPS) is 18.2. The summed E-state index contributed by atoms with van der Waals surface area (Å²) in [6, 6.07) is 6.47. The number of rotatable bonds is 3. The summed E-state index contributed by atoms with van der Waals surface area (Å²) in [4.78, 5) is 13.5. The van der Waals surface area contributed by atoms with Crippen LogP contribution in [0.2, 0.25) is 0 Å². The summed E-state index contributed by atoms with van der Waals surface area (Å²) < 4.78 is 23.9. The maximum absolute atomic E-state index is 11.9. The van der Waals surface area contributed by atoms with Gasteiger partial charge in [0, 0.05) is 13.0 Å². The molecule has 1 amide bonds. The Kier molecular flexibility index (Phi) is 3.84. The minimum atomic E-state index is -3.66. The molecule has 7 heteroatoms. The summed E-state index contributed by atoms with van der Waals surface area (Å²) in [5, 5.41) is 6.47. The van der Waals surface area contributed by atoms with Crippen molar-refractivity contribution in [2.75, 3.05) is 6.54 Å². The van der Waals surface area contributed by atoms with Crippen LogP contribution >= 0.6 is 0 Å². The molecule has 1 aromatic carbocycles. The van der Waals surface area contributed by atoms with Crippen molar-refractivity contribution in [1.29, 1.82) is 0 Å². The fourth-order valence-corrected chi connectivity index (χ4v) is 2.52. The highest BCUT2D eigenvalue weighted by atomic mass is 32.2. The van der Waals surface area contributed by atoms with E-state index in [-0.39, 0.29) is 17.2 Å². The minimum absolute atomic E-state index is 0.135. The number of hydrazone groups is 1. The van der Waals surface area contributed by atoms with Crippen LogP contribution in [0.4, 0.5) is 0 Å². The molecule has 6 nitrogen and oxygen atoms in total. The van der Waals surface area contributed by atoms with Crippen LogP contribution in [-0.4, -0.2) is 26.6 Å². The van der Waals surface area contributed by atoms with Crippen molar-refractivity contribution < 1.29 is 13.2 Å². The molecule has 0 radical (unpaired) electrons. The first kappa shape index (κ1) is 13.5. The molecule has 0 spiro atoms. The standard InChI is InChI=1S/C12H15N3O3S/c1-9-2-4-11(5-3-9)19(17,18)15-14-10-6-7-13-12(16)8-10/h2-5,15H,6-8H2,1H3,(H,13,16)/b14-10+. The van der Waals surface area contributed by atoms with E-state index in [1.54, 1.807) is 12.1 Å². The van der Waals surface area contributed by atoms with E-state index in [4.69, 9.17) is 0 Å². The SMILES string of the molecule is Cc1ccc(S(=O)(=O)N/N=C2\CCNC(=O)C2)cc1. The van der Waals surface area contributed by atoms with Crippen LogP contribution in [0, 0.1) is 6.92 Å². The van der Waals surface area contributed by atoms with Crippen LogP contribution in [0.1, 0.15) is 18.4 Å². The van der Waals surface area contributed by atoms with Crippen molar-refractivity contribution in [2.45, 2.75) is 24.7 Å². The number of hydrogen-bond acceptors (Lipinski definition) is 4. The molecule has 0 unspecified atom stereocenters. The molecule has 102 valence electrons. The Morgan fingerprint density at radius 1 is 1.26 bits per heavy atom. The van der Waals surface area contributed by atoms with Gasteiger partial charge in [0.05, 0.1) is 17.0 Å². The maximum atomic E-state index is 11.9. The Balaban J connectivity index is 2.11. The van der Waals surface area contributed by atoms with Crippen LogP contribution in [0.25, 0.3) is 0 Å². The van der Waals surface area contributed by atoms with E-state index in [9.17, 15) is 13.2 Å². The molecular formula is C12H15N3O3S. The van der Waals surface area contributed by atoms with Gasteiger partial charge in [-0.05, 0) is 19.1 Å². The zero-order valence-electron chi connectivity index (χ0n) is 10.5. The Morgan fingerprint density at radius 2 is 1.95 bits per heavy atom. The zero-order valence-corrected chi connectivity index (χ0v) is 11.3. The minimum Gasteiger partial charge on any atom is -0.355 e. The van der Waals surface area contributed by atoms with Crippen LogP contribution < -0.4 is 10.1 Å². The second-order valence-corrected chi connectivity index (χ2v) is 6.02. The smallest absolute Gasteiger partial charge is 0.276 e. The quantitative estimate of drug-likeness (QED) is 0.793. The Hall–Kier alpha value is -1.89. The van der Waals surface area contributed by atoms with Gasteiger partial charge in [0.2, 0.25) is 5.91 Å². The highest BCUT2D eigenvalue weighted by molar-refractivity contribution is 7.89. The van der Waals surface area contributed by atoms with Gasteiger partial charge in [-0.25, -0.2) is 4.83 Å². The molecule has 0 aromatic heterocycles. The predicted octanol–water partition coefficient (Wildman–Crippen LogP) is 0.539. The maximum Gasteiger partial charge on any atom is 0.276 e. The number of carbonyl (C=O) groups excluding carboxylic acids is 1. The number of aryl methyl sites for hydroxylation is 1. The van der Waals surface area contributed by atoms with Crippen molar-refractivity contribution in [3.63, 3.8) is 0 Å². The summed E-state index contributed by atoms with van der Waals surface area (Å²) in [5.41, 5.74) is 1.52. The van der Waals surface area contributed by atoms with E-state index in [1.165, 1.54) is 12.1 Å². The molecule has 0 aliphatic carbocycles. The zero-order chi connectivity index (χ0) is 13.9. The Morgan fingerprint density at radius 3 is 2.58 bits per heavy atom. The number of nitrogens with zero attached hydrogens (tertiary/aromatic N) is 1. The van der Waals surface area contributed by atoms with Crippen LogP contribution in [0.15, 0.2) is 34.3 Å². The van der Waals surface area contributed by atoms with Gasteiger partial charge in [-0.15, -0.1) is 0 Å². The van der Waals surface area contributed by atoms with Crippen LogP contribution in [-0.2, 0) is 14.8 Å². The fourth-order valence-electron chi connectivity index (χ4n) is 1.67. The molecule has 0 bridgehead atoms. The average molecular weight is 281 g/mol. The van der Waals surface area contributed by atoms with E-state index in [1.807, 2.05) is 6.92 Å². The van der Waals surface area contributed by atoms with Gasteiger partial charge in [0.15, 0.2) is 0 Å². The molecule has 1 saturated heterocycles. The lowest BCUT2D eigenvalue weighted by Crippen LogP contribution is -2.35. The van der Waals surface area contributed by atoms with Gasteiger partial charge in [-0.3, -0.25) is 4.79 Å². The Bertz CT molecular complexity index is 606. The number of amides is 1. The predicted molar refractivity (Wildman–Crippen MR) is 71.2 cm³/mol. The average Bonchev–Trinajstić information content (AvgIpc) is 2.37. The highest BCUT2D eigenvalue weighted by Crippen LogP contribution is 2.10. The number of piperidine rings is 1. The first-order chi connectivity index (χ1) is 8.97. The highest BCUT2D eigenvalue weighted by Gasteiger charge is 2.16. The number of benzene rings is 1. The third kappa shape index (κ3) is 3.54. The molecule has 1 aliphatic rings. The van der Waals surface area contributed by atoms with Crippen molar-refractivity contribution in [3.05, 3.63) is 29.8 Å². The Labute approximate surface area is 112 Å². The lowest BCUT2D eigenvalue weighted by Gasteiger charge is -2.13. The molecule has 2 rings (SSSR count). The summed E-state index contributed by atoms with van der Waals surface area (Å²) in [5.74, 6) is -0.139. The van der Waals surface area contributed by atoms with Crippen molar-refractivity contribution in [2.24, 2.45) is 5.10 Å². The summed E-state index contributed by atoms with van der Waals surface area (Å²) in [7, 11) is -3.66. The van der Waals surface area contributed by atoms with Crippen molar-refractivity contribution in [1.82, 2.24) is 10.1 Å². The first-order valence-electron chi connectivity index (χ1n) is 5.88. The number of hydrogen-bond donors (Lipinski definition) is 2. The summed E-state index contributed by atoms with van der Waals surface area (Å²) in [6.45, 7) is 2.37. The van der Waals surface area contributed by atoms with Gasteiger partial charge in [-0.2, -0.15) is 13.5 Å². The second-order valence-electron chi connectivity index (χ2n) is 4.36. The fraction of sp³-hybridized carbons (Fsp3) is 0.333. The molecule has 1 heterocycles. The lowest BCUT2D eigenvalue weighted by molar-refractivity contribution is -0.120. The van der Waals surface area contributed by atoms with E-state index < -0.39 is 10.0 Å². The third-order valence-corrected chi connectivity index (χ3v) is 3.98. The second kappa shape index (κ2) is 5.40. The van der Waals surface area contributed by atoms with Crippen molar-refractivity contribution in [3.8, 4) is 0 Å². The molecule has 1 aliphatic heterocycles. The number of sulfonamides is 1. The van der Waals surface area contributed by atoms with Crippen LogP contribution in [0.3, 0.4) is 0 Å². The number of nitrogens with one attached hydrogen (secondary N) is 2. The topological polar surface area (TPSA) is 87.6 Å². The van der Waals surface area contributed by atoms with Crippen molar-refractivity contribution >= 4 is 21.6 Å². The van der Waals surface area contributed by atoms with Gasteiger partial charge in [-0.1, -0.05) is 17.7 Å².